The number of hydrogen-bond donors (Lipinski definition) is 2. The maximum Gasteiger partial charge on any atom is 0.320 e. The fourth-order valence-corrected chi connectivity index (χ4v) is 3.71. The molecule has 1 fully saturated rings. The normalized spacial score (nSPS) is 20.8. The van der Waals surface area contributed by atoms with E-state index < -0.39 is 0 Å². The molecule has 146 valence electrons. The molecule has 0 bridgehead atoms. The summed E-state index contributed by atoms with van der Waals surface area (Å²) in [7, 11) is 0. The number of oxime groups is 1. The van der Waals surface area contributed by atoms with Crippen LogP contribution < -0.4 is 5.73 Å². The number of likely N-dealkylation sites (tertiary alicyclic amines) is 1. The van der Waals surface area contributed by atoms with Crippen LogP contribution >= 0.6 is 0 Å². The number of carbonyl (C=O) groups excluding carboxylic acids is 1. The van der Waals surface area contributed by atoms with Crippen molar-refractivity contribution in [3.05, 3.63) is 35.4 Å². The van der Waals surface area contributed by atoms with Gasteiger partial charge in [-0.1, -0.05) is 29.4 Å². The van der Waals surface area contributed by atoms with Gasteiger partial charge in [0.05, 0.1) is 18.9 Å². The molecule has 27 heavy (non-hydrogen) atoms. The first-order chi connectivity index (χ1) is 13.0. The van der Waals surface area contributed by atoms with Gasteiger partial charge in [-0.2, -0.15) is 0 Å². The van der Waals surface area contributed by atoms with Gasteiger partial charge >= 0.3 is 5.97 Å². The fourth-order valence-electron chi connectivity index (χ4n) is 3.71. The third-order valence-corrected chi connectivity index (χ3v) is 5.22. The molecule has 7 nitrogen and oxygen atoms in total. The van der Waals surface area contributed by atoms with E-state index in [2.05, 4.69) is 10.1 Å². The highest BCUT2D eigenvalue weighted by atomic mass is 16.6. The van der Waals surface area contributed by atoms with Crippen LogP contribution in [0.15, 0.2) is 29.4 Å². The average Bonchev–Trinajstić information content (AvgIpc) is 3.12. The molecule has 1 aromatic carbocycles. The fraction of sp³-hybridized carbons (Fsp3) is 0.550. The van der Waals surface area contributed by atoms with Crippen LogP contribution in [0.4, 0.5) is 0 Å². The van der Waals surface area contributed by atoms with Crippen molar-refractivity contribution >= 4 is 17.5 Å². The lowest BCUT2D eigenvalue weighted by atomic mass is 9.89. The van der Waals surface area contributed by atoms with Crippen LogP contribution in [0, 0.1) is 11.3 Å². The SMILES string of the molecule is CCOC(=O)CN1CCC(CC2CC(c3ccc(C(=N)N)cc3)=NO2)CC1. The summed E-state index contributed by atoms with van der Waals surface area (Å²) < 4.78 is 5.02. The lowest BCUT2D eigenvalue weighted by Crippen LogP contribution is -2.38. The Bertz CT molecular complexity index is 694. The molecule has 0 radical (unpaired) electrons. The molecule has 0 spiro atoms. The minimum Gasteiger partial charge on any atom is -0.465 e. The van der Waals surface area contributed by atoms with Gasteiger partial charge in [-0.25, -0.2) is 0 Å². The largest absolute Gasteiger partial charge is 0.465 e. The number of nitrogens with one attached hydrogen (secondary N) is 1. The second-order valence-electron chi connectivity index (χ2n) is 7.22. The number of rotatable bonds is 7. The summed E-state index contributed by atoms with van der Waals surface area (Å²) in [4.78, 5) is 19.4. The minimum atomic E-state index is -0.135. The topological polar surface area (TPSA) is 101 Å². The maximum atomic E-state index is 11.6. The van der Waals surface area contributed by atoms with Crippen LogP contribution in [0.2, 0.25) is 0 Å². The first-order valence-electron chi connectivity index (χ1n) is 9.60. The summed E-state index contributed by atoms with van der Waals surface area (Å²) in [6.45, 7) is 4.52. The van der Waals surface area contributed by atoms with E-state index in [0.717, 1.165) is 50.0 Å². The number of amidine groups is 1. The zero-order valence-electron chi connectivity index (χ0n) is 15.8. The Hall–Kier alpha value is -2.41. The molecule has 3 rings (SSSR count). The smallest absolute Gasteiger partial charge is 0.320 e. The molecular formula is C20H28N4O3. The molecule has 1 atom stereocenters. The van der Waals surface area contributed by atoms with Gasteiger partial charge in [0, 0.05) is 12.0 Å². The van der Waals surface area contributed by atoms with Gasteiger partial charge in [0.1, 0.15) is 11.9 Å². The van der Waals surface area contributed by atoms with Crippen molar-refractivity contribution in [2.24, 2.45) is 16.8 Å². The van der Waals surface area contributed by atoms with Crippen molar-refractivity contribution in [3.8, 4) is 0 Å². The molecule has 0 aliphatic carbocycles. The summed E-state index contributed by atoms with van der Waals surface area (Å²) in [5.41, 5.74) is 8.18. The van der Waals surface area contributed by atoms with E-state index in [1.165, 1.54) is 0 Å². The lowest BCUT2D eigenvalue weighted by Gasteiger charge is -2.31. The van der Waals surface area contributed by atoms with Gasteiger partial charge in [0.2, 0.25) is 0 Å². The van der Waals surface area contributed by atoms with E-state index in [-0.39, 0.29) is 17.9 Å². The number of piperidine rings is 1. The summed E-state index contributed by atoms with van der Waals surface area (Å²) in [5.74, 6) is 0.533. The Labute approximate surface area is 160 Å². The molecule has 3 N–H and O–H groups in total. The molecule has 2 aliphatic heterocycles. The number of nitrogens with zero attached hydrogens (tertiary/aromatic N) is 2. The van der Waals surface area contributed by atoms with Crippen LogP contribution in [0.5, 0.6) is 0 Å². The third-order valence-electron chi connectivity index (χ3n) is 5.22. The van der Waals surface area contributed by atoms with Crippen molar-refractivity contribution in [2.45, 2.75) is 38.7 Å². The van der Waals surface area contributed by atoms with Gasteiger partial charge in [0.25, 0.3) is 0 Å². The van der Waals surface area contributed by atoms with Crippen molar-refractivity contribution in [1.29, 1.82) is 5.41 Å². The number of hydrogen-bond acceptors (Lipinski definition) is 6. The molecule has 1 saturated heterocycles. The molecule has 1 aromatic rings. The molecule has 0 saturated carbocycles. The lowest BCUT2D eigenvalue weighted by molar-refractivity contribution is -0.144. The number of carbonyl (C=O) groups is 1. The van der Waals surface area contributed by atoms with Crippen molar-refractivity contribution < 1.29 is 14.4 Å². The Morgan fingerprint density at radius 3 is 2.67 bits per heavy atom. The summed E-state index contributed by atoms with van der Waals surface area (Å²) >= 11 is 0. The number of nitrogen functional groups attached to an aromatic ring is 1. The van der Waals surface area contributed by atoms with E-state index in [1.807, 2.05) is 31.2 Å². The third kappa shape index (κ3) is 5.29. The molecular weight excluding hydrogens is 344 g/mol. The van der Waals surface area contributed by atoms with Crippen LogP contribution in [0.25, 0.3) is 0 Å². The van der Waals surface area contributed by atoms with Crippen molar-refractivity contribution in [2.75, 3.05) is 26.2 Å². The molecule has 2 heterocycles. The first kappa shape index (κ1) is 19.4. The van der Waals surface area contributed by atoms with Gasteiger partial charge in [0.15, 0.2) is 0 Å². The van der Waals surface area contributed by atoms with Crippen molar-refractivity contribution in [3.63, 3.8) is 0 Å². The quantitative estimate of drug-likeness (QED) is 0.434. The monoisotopic (exact) mass is 372 g/mol. The van der Waals surface area contributed by atoms with Gasteiger partial charge in [-0.15, -0.1) is 0 Å². The van der Waals surface area contributed by atoms with E-state index >= 15 is 0 Å². The predicted octanol–water partition coefficient (Wildman–Crippen LogP) is 2.13. The van der Waals surface area contributed by atoms with E-state index in [0.29, 0.717) is 24.6 Å². The predicted molar refractivity (Wildman–Crippen MR) is 104 cm³/mol. The second kappa shape index (κ2) is 8.99. The van der Waals surface area contributed by atoms with Gasteiger partial charge in [-0.05, 0) is 50.8 Å². The van der Waals surface area contributed by atoms with E-state index in [1.54, 1.807) is 0 Å². The zero-order valence-corrected chi connectivity index (χ0v) is 15.8. The highest BCUT2D eigenvalue weighted by Gasteiger charge is 2.28. The van der Waals surface area contributed by atoms with E-state index in [9.17, 15) is 4.79 Å². The zero-order chi connectivity index (χ0) is 19.2. The number of esters is 1. The number of ether oxygens (including phenoxy) is 1. The average molecular weight is 372 g/mol. The van der Waals surface area contributed by atoms with Crippen LogP contribution in [-0.2, 0) is 14.4 Å². The highest BCUT2D eigenvalue weighted by Crippen LogP contribution is 2.28. The van der Waals surface area contributed by atoms with Crippen molar-refractivity contribution in [1.82, 2.24) is 4.90 Å². The minimum absolute atomic E-state index is 0.0679. The first-order valence-corrected chi connectivity index (χ1v) is 9.60. The molecule has 2 aliphatic rings. The Kier molecular flexibility index (Phi) is 6.45. The summed E-state index contributed by atoms with van der Waals surface area (Å²) in [5, 5.41) is 11.7. The Morgan fingerprint density at radius 1 is 1.33 bits per heavy atom. The van der Waals surface area contributed by atoms with Gasteiger partial charge < -0.3 is 15.3 Å². The standard InChI is InChI=1S/C20H28N4O3/c1-2-26-19(25)13-24-9-7-14(8-10-24)11-17-12-18(23-27-17)15-3-5-16(6-4-15)20(21)22/h3-6,14,17H,2,7-13H2,1H3,(H3,21,22). The second-order valence-corrected chi connectivity index (χ2v) is 7.22. The number of benzene rings is 1. The van der Waals surface area contributed by atoms with Crippen LogP contribution in [-0.4, -0.2) is 54.8 Å². The van der Waals surface area contributed by atoms with Gasteiger partial charge in [-0.3, -0.25) is 15.1 Å². The summed E-state index contributed by atoms with van der Waals surface area (Å²) in [6, 6.07) is 7.56. The molecule has 0 aromatic heterocycles. The van der Waals surface area contributed by atoms with E-state index in [4.69, 9.17) is 20.7 Å². The van der Waals surface area contributed by atoms with Crippen LogP contribution in [0.1, 0.15) is 43.7 Å². The Balaban J connectivity index is 1.42. The maximum absolute atomic E-state index is 11.6. The van der Waals surface area contributed by atoms with Crippen LogP contribution in [0.3, 0.4) is 0 Å². The number of nitrogens with two attached hydrogens (primary N) is 1. The molecule has 7 heteroatoms. The molecule has 0 amide bonds. The summed E-state index contributed by atoms with van der Waals surface area (Å²) in [6.07, 6.45) is 4.06. The Morgan fingerprint density at radius 2 is 2.04 bits per heavy atom. The highest BCUT2D eigenvalue weighted by molar-refractivity contribution is 6.02. The molecule has 1 unspecified atom stereocenters.